The summed E-state index contributed by atoms with van der Waals surface area (Å²) in [6.45, 7) is 7.56. The number of hydrogen-bond acceptors (Lipinski definition) is 2. The zero-order chi connectivity index (χ0) is 11.2. The van der Waals surface area contributed by atoms with Gasteiger partial charge in [0.05, 0.1) is 0 Å². The van der Waals surface area contributed by atoms with Crippen LogP contribution in [-0.2, 0) is 4.57 Å². The summed E-state index contributed by atoms with van der Waals surface area (Å²) >= 11 is 0. The van der Waals surface area contributed by atoms with E-state index in [0.717, 1.165) is 0 Å². The average Bonchev–Trinajstić information content (AvgIpc) is 2.01. The fourth-order valence-electron chi connectivity index (χ4n) is 0.772. The predicted octanol–water partition coefficient (Wildman–Crippen LogP) is 0.234. The minimum absolute atomic E-state index is 0.303. The molecule has 0 spiro atoms. The molecule has 2 amide bonds. The van der Waals surface area contributed by atoms with Crippen LogP contribution in [0.1, 0.15) is 0 Å². The van der Waals surface area contributed by atoms with Crippen LogP contribution in [0, 0.1) is 0 Å². The third-order valence-electron chi connectivity index (χ3n) is 1.26. The van der Waals surface area contributed by atoms with E-state index in [0.29, 0.717) is 13.1 Å². The topological polar surface area (TPSA) is 104 Å². The molecule has 0 aliphatic heterocycles. The Morgan fingerprint density at radius 3 is 2.07 bits per heavy atom. The molecule has 0 aromatic carbocycles. The van der Waals surface area contributed by atoms with Crippen LogP contribution in [0.15, 0.2) is 25.3 Å². The van der Waals surface area contributed by atoms with Gasteiger partial charge in [0.1, 0.15) is 0 Å². The molecule has 6 nitrogen and oxygen atoms in total. The lowest BCUT2D eigenvalue weighted by Crippen LogP contribution is -2.45. The second-order valence-corrected chi connectivity index (χ2v) is 4.25. The molecule has 0 aromatic rings. The summed E-state index contributed by atoms with van der Waals surface area (Å²) in [6, 6.07) is -0.599. The van der Waals surface area contributed by atoms with E-state index in [4.69, 9.17) is 11.0 Å². The Hall–Kier alpha value is -0.940. The summed E-state index contributed by atoms with van der Waals surface area (Å²) in [6.07, 6.45) is 3.06. The zero-order valence-corrected chi connectivity index (χ0v) is 8.74. The number of urea groups is 1. The number of rotatable bonds is 5. The highest BCUT2D eigenvalue weighted by Crippen LogP contribution is 2.17. The number of nitrogens with two attached hydrogens (primary N) is 2. The first-order valence-corrected chi connectivity index (χ1v) is 5.71. The molecular formula is C7H15N4O2P+. The SMILES string of the molecule is C=CC[N+](CC=C)C(=O)NP(N)(N)=O. The summed E-state index contributed by atoms with van der Waals surface area (Å²) in [7, 11) is -3.53. The zero-order valence-electron chi connectivity index (χ0n) is 7.85. The Morgan fingerprint density at radius 2 is 1.79 bits per heavy atom. The molecular weight excluding hydrogens is 203 g/mol. The standard InChI is InChI=1S/C7H15N4O2P/c1-3-5-11(6-4-2)7(12)10-14(8,9)13/h3-4H,1-2,5-6H2,(H5,8,9,10,12,13)/q+1. The molecule has 0 heterocycles. The molecule has 0 atom stereocenters. The molecule has 79 valence electrons. The summed E-state index contributed by atoms with van der Waals surface area (Å²) in [4.78, 5) is 12.6. The molecule has 0 aromatic heterocycles. The minimum Gasteiger partial charge on any atom is -0.264 e. The average molecular weight is 218 g/mol. The van der Waals surface area contributed by atoms with Crippen LogP contribution in [0.4, 0.5) is 4.79 Å². The molecule has 0 unspecified atom stereocenters. The van der Waals surface area contributed by atoms with Gasteiger partial charge in [-0.25, -0.2) is 9.88 Å². The maximum Gasteiger partial charge on any atom is 0.472 e. The Morgan fingerprint density at radius 1 is 1.36 bits per heavy atom. The van der Waals surface area contributed by atoms with Crippen molar-refractivity contribution in [2.45, 2.75) is 0 Å². The molecule has 0 aliphatic carbocycles. The molecule has 7 heteroatoms. The van der Waals surface area contributed by atoms with Crippen LogP contribution < -0.4 is 21.0 Å². The number of carbonyl (C=O) groups is 1. The maximum absolute atomic E-state index is 11.3. The van der Waals surface area contributed by atoms with Crippen LogP contribution in [0.5, 0.6) is 0 Å². The molecule has 1 radical (unpaired) electrons. The number of amides is 2. The summed E-state index contributed by atoms with van der Waals surface area (Å²) in [5.74, 6) is 0. The normalized spacial score (nSPS) is 11.1. The Kier molecular flexibility index (Phi) is 5.34. The highest BCUT2D eigenvalue weighted by Gasteiger charge is 2.27. The van der Waals surface area contributed by atoms with E-state index in [9.17, 15) is 9.36 Å². The number of carbonyl (C=O) groups excluding carboxylic acids is 1. The third-order valence-corrected chi connectivity index (χ3v) is 1.80. The van der Waals surface area contributed by atoms with Crippen LogP contribution in [0.3, 0.4) is 0 Å². The highest BCUT2D eigenvalue weighted by atomic mass is 31.2. The van der Waals surface area contributed by atoms with Gasteiger partial charge in [0, 0.05) is 0 Å². The monoisotopic (exact) mass is 218 g/mol. The highest BCUT2D eigenvalue weighted by molar-refractivity contribution is 7.57. The van der Waals surface area contributed by atoms with Gasteiger partial charge < -0.3 is 0 Å². The number of nitrogens with zero attached hydrogens (tertiary/aromatic N) is 1. The van der Waals surface area contributed by atoms with Gasteiger partial charge in [-0.3, -0.25) is 15.6 Å². The molecule has 0 bridgehead atoms. The van der Waals surface area contributed by atoms with Gasteiger partial charge in [-0.2, -0.15) is 0 Å². The van der Waals surface area contributed by atoms with Crippen molar-refractivity contribution in [3.05, 3.63) is 25.3 Å². The lowest BCUT2D eigenvalue weighted by molar-refractivity contribution is 0.233. The van der Waals surface area contributed by atoms with Gasteiger partial charge >= 0.3 is 13.6 Å². The summed E-state index contributed by atoms with van der Waals surface area (Å²) in [5, 5.41) is 1.99. The van der Waals surface area contributed by atoms with Gasteiger partial charge in [-0.1, -0.05) is 18.1 Å². The first-order chi connectivity index (χ1) is 6.40. The summed E-state index contributed by atoms with van der Waals surface area (Å²) in [5.41, 5.74) is 9.98. The van der Waals surface area contributed by atoms with Crippen molar-refractivity contribution in [2.24, 2.45) is 11.0 Å². The van der Waals surface area contributed by atoms with Gasteiger partial charge in [-0.15, -0.1) is 0 Å². The number of hydrogen-bond donors (Lipinski definition) is 3. The van der Waals surface area contributed by atoms with Gasteiger partial charge in [0.2, 0.25) is 0 Å². The predicted molar refractivity (Wildman–Crippen MR) is 56.8 cm³/mol. The fourth-order valence-corrected chi connectivity index (χ4v) is 1.21. The van der Waals surface area contributed by atoms with Gasteiger partial charge in [0.25, 0.3) is 0 Å². The van der Waals surface area contributed by atoms with Crippen molar-refractivity contribution >= 4 is 13.6 Å². The largest absolute Gasteiger partial charge is 0.472 e. The molecule has 0 saturated carbocycles. The molecule has 14 heavy (non-hydrogen) atoms. The van der Waals surface area contributed by atoms with Crippen molar-refractivity contribution in [1.82, 2.24) is 9.99 Å². The van der Waals surface area contributed by atoms with Gasteiger partial charge in [-0.05, 0) is 12.2 Å². The van der Waals surface area contributed by atoms with E-state index >= 15 is 0 Å². The minimum atomic E-state index is -3.53. The van der Waals surface area contributed by atoms with Crippen LogP contribution >= 0.6 is 7.59 Å². The van der Waals surface area contributed by atoms with Crippen molar-refractivity contribution in [3.63, 3.8) is 0 Å². The number of nitrogens with one attached hydrogen (secondary N) is 1. The van der Waals surface area contributed by atoms with Crippen molar-refractivity contribution in [2.75, 3.05) is 13.1 Å². The van der Waals surface area contributed by atoms with Crippen LogP contribution in [-0.4, -0.2) is 19.1 Å². The molecule has 0 saturated heterocycles. The second kappa shape index (κ2) is 5.72. The maximum atomic E-state index is 11.3. The van der Waals surface area contributed by atoms with E-state index in [1.54, 1.807) is 0 Å². The van der Waals surface area contributed by atoms with Crippen molar-refractivity contribution in [3.8, 4) is 0 Å². The van der Waals surface area contributed by atoms with E-state index in [2.05, 4.69) is 13.2 Å². The fraction of sp³-hybridized carbons (Fsp3) is 0.286. The lowest BCUT2D eigenvalue weighted by Gasteiger charge is -2.09. The van der Waals surface area contributed by atoms with E-state index in [1.807, 2.05) is 5.09 Å². The van der Waals surface area contributed by atoms with E-state index < -0.39 is 13.6 Å². The van der Waals surface area contributed by atoms with E-state index in [1.165, 1.54) is 17.1 Å². The lowest BCUT2D eigenvalue weighted by atomic mass is 10.5. The third kappa shape index (κ3) is 5.66. The van der Waals surface area contributed by atoms with Crippen LogP contribution in [0.25, 0.3) is 0 Å². The Balaban J connectivity index is 4.35. The smallest absolute Gasteiger partial charge is 0.264 e. The Labute approximate surface area is 83.2 Å². The summed E-state index contributed by atoms with van der Waals surface area (Å²) < 4.78 is 10.9. The van der Waals surface area contributed by atoms with E-state index in [-0.39, 0.29) is 0 Å². The molecule has 0 fully saturated rings. The first kappa shape index (κ1) is 13.1. The quantitative estimate of drug-likeness (QED) is 0.349. The Bertz CT molecular complexity index is 263. The first-order valence-electron chi connectivity index (χ1n) is 3.87. The molecule has 0 aliphatic rings. The molecule has 5 N–H and O–H groups in total. The second-order valence-electron chi connectivity index (χ2n) is 2.61. The van der Waals surface area contributed by atoms with Crippen molar-refractivity contribution < 1.29 is 9.36 Å². The van der Waals surface area contributed by atoms with Crippen molar-refractivity contribution in [1.29, 1.82) is 0 Å². The van der Waals surface area contributed by atoms with Gasteiger partial charge in [0.15, 0.2) is 13.1 Å². The molecule has 0 rings (SSSR count). The van der Waals surface area contributed by atoms with Crippen LogP contribution in [0.2, 0.25) is 0 Å².